The molecule has 3 amide bonds. The van der Waals surface area contributed by atoms with Crippen molar-refractivity contribution in [1.29, 1.82) is 0 Å². The fourth-order valence-electron chi connectivity index (χ4n) is 2.72. The number of piperazine rings is 1. The lowest BCUT2D eigenvalue weighted by Gasteiger charge is -2.34. The molecule has 0 radical (unpaired) electrons. The van der Waals surface area contributed by atoms with Gasteiger partial charge < -0.3 is 25.8 Å². The SMILES string of the molecule is CC(C)CCNC(=O)NCC(=O)Nc1ccc(N2CCN(C)CC2)cc1. The minimum atomic E-state index is -0.314. The third-order valence-electron chi connectivity index (χ3n) is 4.44. The van der Waals surface area contributed by atoms with E-state index >= 15 is 0 Å². The fraction of sp³-hybridized carbons (Fsp3) is 0.579. The number of anilines is 2. The second-order valence-electron chi connectivity index (χ2n) is 7.18. The van der Waals surface area contributed by atoms with Gasteiger partial charge in [-0.25, -0.2) is 4.79 Å². The predicted octanol–water partition coefficient (Wildman–Crippen LogP) is 1.72. The van der Waals surface area contributed by atoms with Crippen LogP contribution in [0, 0.1) is 5.92 Å². The number of urea groups is 1. The molecule has 0 aromatic heterocycles. The van der Waals surface area contributed by atoms with E-state index in [-0.39, 0.29) is 18.5 Å². The first-order valence-electron chi connectivity index (χ1n) is 9.29. The van der Waals surface area contributed by atoms with Gasteiger partial charge in [-0.05, 0) is 43.7 Å². The zero-order chi connectivity index (χ0) is 18.9. The molecule has 0 saturated carbocycles. The second-order valence-corrected chi connectivity index (χ2v) is 7.18. The molecule has 1 aromatic rings. The van der Waals surface area contributed by atoms with Crippen LogP contribution in [0.25, 0.3) is 0 Å². The van der Waals surface area contributed by atoms with Gasteiger partial charge in [0.2, 0.25) is 5.91 Å². The highest BCUT2D eigenvalue weighted by molar-refractivity contribution is 5.94. The van der Waals surface area contributed by atoms with E-state index < -0.39 is 0 Å². The fourth-order valence-corrected chi connectivity index (χ4v) is 2.72. The molecule has 1 fully saturated rings. The van der Waals surface area contributed by atoms with E-state index in [9.17, 15) is 9.59 Å². The molecule has 0 aliphatic carbocycles. The first-order chi connectivity index (χ1) is 12.4. The van der Waals surface area contributed by atoms with Gasteiger partial charge in [-0.3, -0.25) is 4.79 Å². The zero-order valence-corrected chi connectivity index (χ0v) is 16.0. The summed E-state index contributed by atoms with van der Waals surface area (Å²) in [5.74, 6) is 0.295. The Morgan fingerprint density at radius 3 is 2.31 bits per heavy atom. The highest BCUT2D eigenvalue weighted by Crippen LogP contribution is 2.19. The number of rotatable bonds is 7. The van der Waals surface area contributed by atoms with Gasteiger partial charge in [0.1, 0.15) is 0 Å². The summed E-state index contributed by atoms with van der Waals surface area (Å²) in [6.45, 7) is 8.90. The molecule has 7 heteroatoms. The molecule has 1 aromatic carbocycles. The van der Waals surface area contributed by atoms with Crippen LogP contribution in [0.2, 0.25) is 0 Å². The van der Waals surface area contributed by atoms with Gasteiger partial charge in [0.15, 0.2) is 0 Å². The highest BCUT2D eigenvalue weighted by atomic mass is 16.2. The summed E-state index contributed by atoms with van der Waals surface area (Å²) in [6, 6.07) is 7.52. The molecule has 3 N–H and O–H groups in total. The van der Waals surface area contributed by atoms with Crippen LogP contribution in [-0.4, -0.2) is 63.2 Å². The van der Waals surface area contributed by atoms with Crippen molar-refractivity contribution in [2.24, 2.45) is 5.92 Å². The van der Waals surface area contributed by atoms with Crippen molar-refractivity contribution in [2.75, 3.05) is 56.5 Å². The molecular formula is C19H31N5O2. The van der Waals surface area contributed by atoms with Crippen molar-refractivity contribution >= 4 is 23.3 Å². The van der Waals surface area contributed by atoms with Crippen LogP contribution in [0.15, 0.2) is 24.3 Å². The molecule has 0 atom stereocenters. The minimum absolute atomic E-state index is 0.0479. The maximum Gasteiger partial charge on any atom is 0.315 e. The molecule has 2 rings (SSSR count). The van der Waals surface area contributed by atoms with Crippen LogP contribution in [0.1, 0.15) is 20.3 Å². The van der Waals surface area contributed by atoms with Crippen LogP contribution < -0.4 is 20.9 Å². The van der Waals surface area contributed by atoms with Gasteiger partial charge in [-0.1, -0.05) is 13.8 Å². The number of nitrogens with one attached hydrogen (secondary N) is 3. The van der Waals surface area contributed by atoms with Crippen LogP contribution in [-0.2, 0) is 4.79 Å². The normalized spacial score (nSPS) is 15.0. The Bertz CT molecular complexity index is 580. The number of hydrogen-bond acceptors (Lipinski definition) is 4. The van der Waals surface area contributed by atoms with Gasteiger partial charge in [-0.15, -0.1) is 0 Å². The van der Waals surface area contributed by atoms with Gasteiger partial charge in [-0.2, -0.15) is 0 Å². The number of benzene rings is 1. The van der Waals surface area contributed by atoms with Crippen molar-refractivity contribution in [1.82, 2.24) is 15.5 Å². The lowest BCUT2D eigenvalue weighted by Crippen LogP contribution is -2.44. The Labute approximate surface area is 156 Å². The molecule has 0 unspecified atom stereocenters. The minimum Gasteiger partial charge on any atom is -0.369 e. The molecule has 144 valence electrons. The lowest BCUT2D eigenvalue weighted by atomic mass is 10.1. The van der Waals surface area contributed by atoms with E-state index in [2.05, 4.69) is 46.6 Å². The summed E-state index contributed by atoms with van der Waals surface area (Å²) >= 11 is 0. The molecule has 0 spiro atoms. The number of hydrogen-bond donors (Lipinski definition) is 3. The Morgan fingerprint density at radius 1 is 1.04 bits per heavy atom. The molecule has 1 saturated heterocycles. The molecule has 7 nitrogen and oxygen atoms in total. The number of carbonyl (C=O) groups is 2. The van der Waals surface area contributed by atoms with Crippen molar-refractivity contribution < 1.29 is 9.59 Å². The Balaban J connectivity index is 1.71. The predicted molar refractivity (Wildman–Crippen MR) is 106 cm³/mol. The van der Waals surface area contributed by atoms with Crippen molar-refractivity contribution in [3.05, 3.63) is 24.3 Å². The van der Waals surface area contributed by atoms with E-state index in [1.165, 1.54) is 5.69 Å². The van der Waals surface area contributed by atoms with E-state index in [1.807, 2.05) is 24.3 Å². The molecule has 26 heavy (non-hydrogen) atoms. The quantitative estimate of drug-likeness (QED) is 0.691. The van der Waals surface area contributed by atoms with Gasteiger partial charge in [0.25, 0.3) is 0 Å². The third-order valence-corrected chi connectivity index (χ3v) is 4.44. The number of likely N-dealkylation sites (N-methyl/N-ethyl adjacent to an activating group) is 1. The molecular weight excluding hydrogens is 330 g/mol. The first-order valence-corrected chi connectivity index (χ1v) is 9.29. The van der Waals surface area contributed by atoms with Crippen LogP contribution in [0.3, 0.4) is 0 Å². The average Bonchev–Trinajstić information content (AvgIpc) is 2.61. The standard InChI is InChI=1S/C19H31N5O2/c1-15(2)8-9-20-19(26)21-14-18(25)22-16-4-6-17(7-5-16)24-12-10-23(3)11-13-24/h4-7,15H,8-14H2,1-3H3,(H,22,25)(H2,20,21,26). The molecule has 1 aliphatic rings. The molecule has 1 aliphatic heterocycles. The molecule has 1 heterocycles. The summed E-state index contributed by atoms with van der Waals surface area (Å²) in [6.07, 6.45) is 0.916. The maximum atomic E-state index is 12.0. The summed E-state index contributed by atoms with van der Waals surface area (Å²) < 4.78 is 0. The van der Waals surface area contributed by atoms with Crippen LogP contribution >= 0.6 is 0 Å². The van der Waals surface area contributed by atoms with Gasteiger partial charge >= 0.3 is 6.03 Å². The summed E-state index contributed by atoms with van der Waals surface area (Å²) in [7, 11) is 2.13. The van der Waals surface area contributed by atoms with Crippen molar-refractivity contribution in [2.45, 2.75) is 20.3 Å². The van der Waals surface area contributed by atoms with Crippen LogP contribution in [0.5, 0.6) is 0 Å². The summed E-state index contributed by atoms with van der Waals surface area (Å²) in [5, 5.41) is 8.11. The summed E-state index contributed by atoms with van der Waals surface area (Å²) in [5.41, 5.74) is 1.90. The van der Waals surface area contributed by atoms with Crippen molar-refractivity contribution in [3.8, 4) is 0 Å². The van der Waals surface area contributed by atoms with Gasteiger partial charge in [0, 0.05) is 44.1 Å². The molecule has 0 bridgehead atoms. The van der Waals surface area contributed by atoms with E-state index in [4.69, 9.17) is 0 Å². The first kappa shape index (κ1) is 20.0. The average molecular weight is 361 g/mol. The largest absolute Gasteiger partial charge is 0.369 e. The monoisotopic (exact) mass is 361 g/mol. The van der Waals surface area contributed by atoms with E-state index in [0.29, 0.717) is 12.5 Å². The van der Waals surface area contributed by atoms with Crippen LogP contribution in [0.4, 0.5) is 16.2 Å². The Morgan fingerprint density at radius 2 is 1.69 bits per heavy atom. The smallest absolute Gasteiger partial charge is 0.315 e. The maximum absolute atomic E-state index is 12.0. The number of amides is 3. The van der Waals surface area contributed by atoms with E-state index in [1.54, 1.807) is 0 Å². The summed E-state index contributed by atoms with van der Waals surface area (Å²) in [4.78, 5) is 28.2. The Kier molecular flexibility index (Phi) is 7.72. The van der Waals surface area contributed by atoms with Crippen molar-refractivity contribution in [3.63, 3.8) is 0 Å². The third kappa shape index (κ3) is 6.92. The van der Waals surface area contributed by atoms with E-state index in [0.717, 1.165) is 38.3 Å². The Hall–Kier alpha value is -2.28. The number of carbonyl (C=O) groups excluding carboxylic acids is 2. The second kappa shape index (κ2) is 10.0. The topological polar surface area (TPSA) is 76.7 Å². The number of nitrogens with zero attached hydrogens (tertiary/aromatic N) is 2. The van der Waals surface area contributed by atoms with Gasteiger partial charge in [0.05, 0.1) is 6.54 Å². The zero-order valence-electron chi connectivity index (χ0n) is 16.0. The lowest BCUT2D eigenvalue weighted by molar-refractivity contribution is -0.115. The highest BCUT2D eigenvalue weighted by Gasteiger charge is 2.14.